The number of aromatic nitrogens is 1. The molecule has 1 aliphatic rings. The van der Waals surface area contributed by atoms with Gasteiger partial charge in [0, 0.05) is 13.5 Å². The molecule has 1 atom stereocenters. The van der Waals surface area contributed by atoms with Crippen molar-refractivity contribution in [1.29, 1.82) is 0 Å². The molecular formula is C13H14N4O2S. The van der Waals surface area contributed by atoms with Crippen molar-refractivity contribution in [1.82, 2.24) is 15.3 Å². The van der Waals surface area contributed by atoms with E-state index in [0.29, 0.717) is 17.6 Å². The van der Waals surface area contributed by atoms with E-state index in [4.69, 9.17) is 0 Å². The molecule has 6 nitrogen and oxygen atoms in total. The number of carbonyl (C=O) groups excluding carboxylic acids is 2. The molecule has 3 rings (SSSR count). The lowest BCUT2D eigenvalue weighted by molar-refractivity contribution is -0.125. The molecule has 0 radical (unpaired) electrons. The summed E-state index contributed by atoms with van der Waals surface area (Å²) in [6.45, 7) is 0. The van der Waals surface area contributed by atoms with Crippen molar-refractivity contribution in [3.05, 3.63) is 29.1 Å². The van der Waals surface area contributed by atoms with Crippen molar-refractivity contribution in [2.75, 3.05) is 0 Å². The summed E-state index contributed by atoms with van der Waals surface area (Å²) < 4.78 is 3.03. The predicted molar refractivity (Wildman–Crippen MR) is 75.7 cm³/mol. The third kappa shape index (κ3) is 2.32. The van der Waals surface area contributed by atoms with Gasteiger partial charge >= 0.3 is 0 Å². The van der Waals surface area contributed by atoms with Crippen LogP contribution < -0.4 is 15.5 Å². The Balaban J connectivity index is 1.82. The standard InChI is InChI=1S/C13H14N4O2S/c1-17-9-4-2-3-5-10(9)20-13(17)16-15-12(19)8-6-7-11(18)14-8/h2-5,8H,6-7H2,1H3,(H,14,18)(H,15,19). The van der Waals surface area contributed by atoms with E-state index in [2.05, 4.69) is 15.8 Å². The van der Waals surface area contributed by atoms with Gasteiger partial charge in [0.1, 0.15) is 6.04 Å². The van der Waals surface area contributed by atoms with Crippen LogP contribution in [0.25, 0.3) is 10.2 Å². The van der Waals surface area contributed by atoms with Crippen LogP contribution in [0.4, 0.5) is 0 Å². The number of hydrogen-bond donors (Lipinski definition) is 2. The van der Waals surface area contributed by atoms with Crippen LogP contribution in [0.15, 0.2) is 29.4 Å². The molecule has 1 saturated heterocycles. The number of thiazole rings is 1. The largest absolute Gasteiger partial charge is 0.344 e. The van der Waals surface area contributed by atoms with Crippen LogP contribution in [0.2, 0.25) is 0 Å². The van der Waals surface area contributed by atoms with E-state index in [-0.39, 0.29) is 11.8 Å². The number of para-hydroxylation sites is 1. The van der Waals surface area contributed by atoms with Crippen LogP contribution in [-0.2, 0) is 16.6 Å². The zero-order chi connectivity index (χ0) is 14.1. The monoisotopic (exact) mass is 290 g/mol. The van der Waals surface area contributed by atoms with E-state index in [9.17, 15) is 9.59 Å². The van der Waals surface area contributed by atoms with E-state index in [1.807, 2.05) is 35.9 Å². The van der Waals surface area contributed by atoms with E-state index < -0.39 is 6.04 Å². The molecule has 0 bridgehead atoms. The normalized spacial score (nSPS) is 19.4. The molecular weight excluding hydrogens is 276 g/mol. The number of carbonyl (C=O) groups is 2. The van der Waals surface area contributed by atoms with Gasteiger partial charge in [0.15, 0.2) is 0 Å². The minimum absolute atomic E-state index is 0.0856. The average Bonchev–Trinajstić information content (AvgIpc) is 3.01. The van der Waals surface area contributed by atoms with E-state index in [0.717, 1.165) is 10.2 Å². The second-order valence-electron chi connectivity index (χ2n) is 4.66. The lowest BCUT2D eigenvalue weighted by Crippen LogP contribution is -2.40. The maximum absolute atomic E-state index is 11.9. The number of nitrogens with one attached hydrogen (secondary N) is 2. The molecule has 0 aliphatic carbocycles. The van der Waals surface area contributed by atoms with E-state index in [1.54, 1.807) is 0 Å². The van der Waals surface area contributed by atoms with E-state index >= 15 is 0 Å². The lowest BCUT2D eigenvalue weighted by Gasteiger charge is -2.06. The van der Waals surface area contributed by atoms with E-state index in [1.165, 1.54) is 11.3 Å². The highest BCUT2D eigenvalue weighted by Gasteiger charge is 2.26. The van der Waals surface area contributed by atoms with Crippen molar-refractivity contribution in [3.8, 4) is 0 Å². The summed E-state index contributed by atoms with van der Waals surface area (Å²) in [6.07, 6.45) is 0.924. The Labute approximate surface area is 119 Å². The summed E-state index contributed by atoms with van der Waals surface area (Å²) in [5.74, 6) is -0.356. The summed E-state index contributed by atoms with van der Waals surface area (Å²) in [7, 11) is 1.90. The zero-order valence-electron chi connectivity index (χ0n) is 10.9. The third-order valence-electron chi connectivity index (χ3n) is 3.29. The molecule has 1 aromatic heterocycles. The molecule has 1 fully saturated rings. The summed E-state index contributed by atoms with van der Waals surface area (Å²) in [4.78, 5) is 23.7. The zero-order valence-corrected chi connectivity index (χ0v) is 11.7. The van der Waals surface area contributed by atoms with Crippen LogP contribution in [-0.4, -0.2) is 22.4 Å². The Morgan fingerprint density at radius 2 is 2.30 bits per heavy atom. The number of hydrogen-bond acceptors (Lipinski definition) is 4. The fourth-order valence-electron chi connectivity index (χ4n) is 2.18. The summed E-state index contributed by atoms with van der Waals surface area (Å²) >= 11 is 1.50. The highest BCUT2D eigenvalue weighted by Crippen LogP contribution is 2.14. The number of amides is 2. The van der Waals surface area contributed by atoms with Gasteiger partial charge in [-0.15, -0.1) is 5.10 Å². The summed E-state index contributed by atoms with van der Waals surface area (Å²) in [5.41, 5.74) is 3.59. The summed E-state index contributed by atoms with van der Waals surface area (Å²) in [6, 6.07) is 7.48. The lowest BCUT2D eigenvalue weighted by atomic mass is 10.2. The van der Waals surface area contributed by atoms with Crippen LogP contribution in [0, 0.1) is 0 Å². The van der Waals surface area contributed by atoms with Gasteiger partial charge in [0.2, 0.25) is 10.7 Å². The third-order valence-corrected chi connectivity index (χ3v) is 4.40. The van der Waals surface area contributed by atoms with Gasteiger partial charge in [-0.25, -0.2) is 5.43 Å². The fraction of sp³-hybridized carbons (Fsp3) is 0.308. The van der Waals surface area contributed by atoms with Gasteiger partial charge in [-0.05, 0) is 18.6 Å². The Morgan fingerprint density at radius 1 is 1.50 bits per heavy atom. The maximum Gasteiger partial charge on any atom is 0.262 e. The number of benzene rings is 1. The van der Waals surface area contributed by atoms with Gasteiger partial charge < -0.3 is 9.88 Å². The van der Waals surface area contributed by atoms with Gasteiger partial charge in [0.05, 0.1) is 10.2 Å². The number of rotatable bonds is 2. The quantitative estimate of drug-likeness (QED) is 0.788. The molecule has 1 aromatic carbocycles. The first-order chi connectivity index (χ1) is 9.65. The summed E-state index contributed by atoms with van der Waals surface area (Å²) in [5, 5.41) is 6.76. The van der Waals surface area contributed by atoms with Crippen LogP contribution in [0.3, 0.4) is 0 Å². The Hall–Kier alpha value is -2.15. The molecule has 104 valence electrons. The Kier molecular flexibility index (Phi) is 3.27. The van der Waals surface area contributed by atoms with Crippen LogP contribution >= 0.6 is 11.3 Å². The predicted octanol–water partition coefficient (Wildman–Crippen LogP) is 0.450. The molecule has 1 aliphatic heterocycles. The maximum atomic E-state index is 11.9. The molecule has 2 amide bonds. The van der Waals surface area contributed by atoms with Crippen molar-refractivity contribution in [2.45, 2.75) is 18.9 Å². The first-order valence-electron chi connectivity index (χ1n) is 6.32. The minimum Gasteiger partial charge on any atom is -0.344 e. The van der Waals surface area contributed by atoms with Gasteiger partial charge in [-0.2, -0.15) is 0 Å². The van der Waals surface area contributed by atoms with Gasteiger partial charge in [-0.1, -0.05) is 23.5 Å². The minimum atomic E-state index is -0.467. The molecule has 0 saturated carbocycles. The van der Waals surface area contributed by atoms with Crippen molar-refractivity contribution >= 4 is 33.4 Å². The molecule has 2 N–H and O–H groups in total. The van der Waals surface area contributed by atoms with Crippen molar-refractivity contribution in [3.63, 3.8) is 0 Å². The van der Waals surface area contributed by atoms with Gasteiger partial charge in [-0.3, -0.25) is 9.59 Å². The number of nitrogens with zero attached hydrogens (tertiary/aromatic N) is 2. The molecule has 7 heteroatoms. The number of aryl methyl sites for hydroxylation is 1. The molecule has 2 aromatic rings. The molecule has 0 spiro atoms. The SMILES string of the molecule is Cn1c(=NNC(=O)C2CCC(=O)N2)sc2ccccc21. The molecule has 1 unspecified atom stereocenters. The van der Waals surface area contributed by atoms with Crippen molar-refractivity contribution in [2.24, 2.45) is 12.1 Å². The average molecular weight is 290 g/mol. The van der Waals surface area contributed by atoms with Crippen LogP contribution in [0.1, 0.15) is 12.8 Å². The first-order valence-corrected chi connectivity index (χ1v) is 7.14. The first kappa shape index (κ1) is 12.9. The van der Waals surface area contributed by atoms with Crippen LogP contribution in [0.5, 0.6) is 0 Å². The Morgan fingerprint density at radius 3 is 3.00 bits per heavy atom. The second kappa shape index (κ2) is 5.09. The molecule has 20 heavy (non-hydrogen) atoms. The molecule has 2 heterocycles. The second-order valence-corrected chi connectivity index (χ2v) is 5.67. The fourth-order valence-corrected chi connectivity index (χ4v) is 3.16. The highest BCUT2D eigenvalue weighted by molar-refractivity contribution is 7.16. The number of fused-ring (bicyclic) bond motifs is 1. The smallest absolute Gasteiger partial charge is 0.262 e. The Bertz CT molecular complexity index is 746. The van der Waals surface area contributed by atoms with Crippen molar-refractivity contribution < 1.29 is 9.59 Å². The van der Waals surface area contributed by atoms with Gasteiger partial charge in [0.25, 0.3) is 5.91 Å². The highest BCUT2D eigenvalue weighted by atomic mass is 32.1. The topological polar surface area (TPSA) is 75.5 Å².